The molecule has 1 aromatic heterocycles. The molecule has 5 rings (SSSR count). The molecule has 0 saturated heterocycles. The number of benzene rings is 2. The molecule has 0 spiro atoms. The average Bonchev–Trinajstić information content (AvgIpc) is 3.25. The van der Waals surface area contributed by atoms with Crippen molar-refractivity contribution in [3.05, 3.63) is 87.1 Å². The fourth-order valence-electron chi connectivity index (χ4n) is 4.66. The first-order chi connectivity index (χ1) is 17.5. The van der Waals surface area contributed by atoms with Crippen LogP contribution in [0, 0.1) is 5.82 Å². The maximum Gasteiger partial charge on any atom is 0.343 e. The van der Waals surface area contributed by atoms with Crippen molar-refractivity contribution in [3.63, 3.8) is 0 Å². The van der Waals surface area contributed by atoms with E-state index in [9.17, 15) is 14.0 Å². The number of nitrogens with zero attached hydrogens (tertiary/aromatic N) is 2. The molecule has 2 aromatic carbocycles. The molecule has 0 amide bonds. The molecule has 0 atom stereocenters. The van der Waals surface area contributed by atoms with E-state index in [1.54, 1.807) is 22.8 Å². The molecule has 0 bridgehead atoms. The van der Waals surface area contributed by atoms with Crippen molar-refractivity contribution in [2.45, 2.75) is 25.9 Å². The van der Waals surface area contributed by atoms with Crippen LogP contribution in [-0.2, 0) is 30.7 Å². The van der Waals surface area contributed by atoms with Gasteiger partial charge in [0, 0.05) is 50.8 Å². The minimum absolute atomic E-state index is 0.115. The fraction of sp³-hybridized carbons (Fsp3) is 0.333. The van der Waals surface area contributed by atoms with Crippen LogP contribution in [0.2, 0.25) is 0 Å². The van der Waals surface area contributed by atoms with Crippen LogP contribution in [0.4, 0.5) is 4.39 Å². The zero-order valence-corrected chi connectivity index (χ0v) is 20.0. The molecule has 2 aliphatic heterocycles. The van der Waals surface area contributed by atoms with Gasteiger partial charge in [-0.1, -0.05) is 24.3 Å². The van der Waals surface area contributed by atoms with Crippen molar-refractivity contribution in [2.24, 2.45) is 0 Å². The Bertz CT molecular complexity index is 1340. The molecule has 0 N–H and O–H groups in total. The highest BCUT2D eigenvalue weighted by molar-refractivity contribution is 5.93. The van der Waals surface area contributed by atoms with E-state index in [4.69, 9.17) is 18.9 Å². The van der Waals surface area contributed by atoms with E-state index < -0.39 is 5.97 Å². The van der Waals surface area contributed by atoms with Gasteiger partial charge in [0.25, 0.3) is 5.56 Å². The maximum atomic E-state index is 14.0. The Morgan fingerprint density at radius 2 is 1.89 bits per heavy atom. The third-order valence-corrected chi connectivity index (χ3v) is 6.51. The summed E-state index contributed by atoms with van der Waals surface area (Å²) in [6.07, 6.45) is 0.768. The number of aromatic nitrogens is 1. The van der Waals surface area contributed by atoms with E-state index in [0.29, 0.717) is 50.3 Å². The number of esters is 1. The Morgan fingerprint density at radius 1 is 1.06 bits per heavy atom. The van der Waals surface area contributed by atoms with Gasteiger partial charge in [0.05, 0.1) is 13.7 Å². The van der Waals surface area contributed by atoms with Crippen LogP contribution < -0.4 is 19.8 Å². The highest BCUT2D eigenvalue weighted by atomic mass is 19.1. The summed E-state index contributed by atoms with van der Waals surface area (Å²) in [7, 11) is 1.30. The van der Waals surface area contributed by atoms with Crippen molar-refractivity contribution in [2.75, 3.05) is 33.6 Å². The highest BCUT2D eigenvalue weighted by Crippen LogP contribution is 2.33. The van der Waals surface area contributed by atoms with Crippen LogP contribution >= 0.6 is 0 Å². The standard InChI is InChI=1S/C27H27FN2O6/c1-33-27(32)26-21-8-10-29(16-18-6-7-22-23(14-18)36-17-35-22)11-12-30(21)25(31)15-24(26)34-13-9-19-4-2-3-5-20(19)28/h2-7,14-15H,8-13,16-17H2,1H3. The van der Waals surface area contributed by atoms with Crippen molar-refractivity contribution in [3.8, 4) is 17.2 Å². The largest absolute Gasteiger partial charge is 0.492 e. The number of methoxy groups -OCH3 is 1. The second kappa shape index (κ2) is 10.4. The lowest BCUT2D eigenvalue weighted by Crippen LogP contribution is -2.29. The minimum atomic E-state index is -0.566. The first-order valence-electron chi connectivity index (χ1n) is 11.9. The summed E-state index contributed by atoms with van der Waals surface area (Å²) in [5.74, 6) is 0.743. The zero-order chi connectivity index (χ0) is 25.1. The molecule has 2 aliphatic rings. The van der Waals surface area contributed by atoms with E-state index in [0.717, 1.165) is 17.1 Å². The summed E-state index contributed by atoms with van der Waals surface area (Å²) >= 11 is 0. The average molecular weight is 495 g/mol. The molecule has 3 aromatic rings. The third kappa shape index (κ3) is 4.92. The van der Waals surface area contributed by atoms with Crippen molar-refractivity contribution in [1.82, 2.24) is 9.47 Å². The zero-order valence-electron chi connectivity index (χ0n) is 20.0. The van der Waals surface area contributed by atoms with Crippen LogP contribution in [0.3, 0.4) is 0 Å². The van der Waals surface area contributed by atoms with Crippen LogP contribution in [0.15, 0.2) is 53.3 Å². The van der Waals surface area contributed by atoms with Gasteiger partial charge in [0.1, 0.15) is 17.1 Å². The Balaban J connectivity index is 1.35. The number of hydrogen-bond donors (Lipinski definition) is 0. The molecule has 0 saturated carbocycles. The van der Waals surface area contributed by atoms with Crippen LogP contribution in [-0.4, -0.2) is 49.0 Å². The molecule has 0 unspecified atom stereocenters. The molecule has 188 valence electrons. The summed E-state index contributed by atoms with van der Waals surface area (Å²) in [5, 5.41) is 0. The summed E-state index contributed by atoms with van der Waals surface area (Å²) < 4.78 is 37.3. The van der Waals surface area contributed by atoms with E-state index in [1.807, 2.05) is 18.2 Å². The van der Waals surface area contributed by atoms with Gasteiger partial charge < -0.3 is 23.5 Å². The highest BCUT2D eigenvalue weighted by Gasteiger charge is 2.26. The van der Waals surface area contributed by atoms with Crippen LogP contribution in [0.5, 0.6) is 17.2 Å². The van der Waals surface area contributed by atoms with Crippen molar-refractivity contribution in [1.29, 1.82) is 0 Å². The summed E-state index contributed by atoms with van der Waals surface area (Å²) in [4.78, 5) is 28.0. The number of carbonyl (C=O) groups excluding carboxylic acids is 1. The van der Waals surface area contributed by atoms with Crippen LogP contribution in [0.25, 0.3) is 0 Å². The van der Waals surface area contributed by atoms with Crippen LogP contribution in [0.1, 0.15) is 27.2 Å². The van der Waals surface area contributed by atoms with Gasteiger partial charge in [0.15, 0.2) is 11.5 Å². The number of pyridine rings is 1. The smallest absolute Gasteiger partial charge is 0.343 e. The van der Waals surface area contributed by atoms with E-state index in [2.05, 4.69) is 4.90 Å². The maximum absolute atomic E-state index is 14.0. The molecule has 0 fully saturated rings. The fourth-order valence-corrected chi connectivity index (χ4v) is 4.66. The number of carbonyl (C=O) groups is 1. The number of fused-ring (bicyclic) bond motifs is 2. The van der Waals surface area contributed by atoms with E-state index in [1.165, 1.54) is 19.2 Å². The number of hydrogen-bond acceptors (Lipinski definition) is 7. The first-order valence-corrected chi connectivity index (χ1v) is 11.9. The van der Waals surface area contributed by atoms with Crippen molar-refractivity contribution >= 4 is 5.97 Å². The molecule has 36 heavy (non-hydrogen) atoms. The molecular weight excluding hydrogens is 467 g/mol. The topological polar surface area (TPSA) is 79.2 Å². The second-order valence-electron chi connectivity index (χ2n) is 8.72. The molecule has 0 aliphatic carbocycles. The minimum Gasteiger partial charge on any atom is -0.492 e. The summed E-state index contributed by atoms with van der Waals surface area (Å²) in [6.45, 7) is 2.70. The Labute approximate surface area is 207 Å². The SMILES string of the molecule is COC(=O)c1c(OCCc2ccccc2F)cc(=O)n2c1CCN(Cc1ccc3c(c1)OCO3)CC2. The second-order valence-corrected chi connectivity index (χ2v) is 8.72. The third-order valence-electron chi connectivity index (χ3n) is 6.51. The lowest BCUT2D eigenvalue weighted by Gasteiger charge is -2.19. The lowest BCUT2D eigenvalue weighted by molar-refractivity contribution is 0.0593. The van der Waals surface area contributed by atoms with Gasteiger partial charge in [-0.15, -0.1) is 0 Å². The Hall–Kier alpha value is -3.85. The number of rotatable bonds is 7. The van der Waals surface area contributed by atoms with Gasteiger partial charge in [-0.2, -0.15) is 0 Å². The Morgan fingerprint density at radius 3 is 2.72 bits per heavy atom. The van der Waals surface area contributed by atoms with E-state index >= 15 is 0 Å². The molecule has 8 nitrogen and oxygen atoms in total. The quantitative estimate of drug-likeness (QED) is 0.467. The molecule has 9 heteroatoms. The monoisotopic (exact) mass is 494 g/mol. The van der Waals surface area contributed by atoms with Gasteiger partial charge in [-0.25, -0.2) is 9.18 Å². The normalized spacial score (nSPS) is 14.7. The predicted molar refractivity (Wildman–Crippen MR) is 129 cm³/mol. The van der Waals surface area contributed by atoms with Crippen molar-refractivity contribution < 1.29 is 28.1 Å². The summed E-state index contributed by atoms with van der Waals surface area (Å²) in [5.41, 5.74) is 2.16. The molecular formula is C27H27FN2O6. The first kappa shape index (κ1) is 23.9. The van der Waals surface area contributed by atoms with Gasteiger partial charge in [-0.05, 0) is 29.3 Å². The Kier molecular flexibility index (Phi) is 6.90. The van der Waals surface area contributed by atoms with Gasteiger partial charge in [-0.3, -0.25) is 9.69 Å². The molecule has 0 radical (unpaired) electrons. The number of ether oxygens (including phenoxy) is 4. The van der Waals surface area contributed by atoms with Gasteiger partial charge in [0.2, 0.25) is 6.79 Å². The summed E-state index contributed by atoms with van der Waals surface area (Å²) in [6, 6.07) is 13.6. The van der Waals surface area contributed by atoms with Gasteiger partial charge >= 0.3 is 5.97 Å². The molecule has 3 heterocycles. The lowest BCUT2D eigenvalue weighted by atomic mass is 10.1. The van der Waals surface area contributed by atoms with E-state index in [-0.39, 0.29) is 36.1 Å². The number of halogens is 1. The predicted octanol–water partition coefficient (Wildman–Crippen LogP) is 3.18.